The molecule has 1 saturated heterocycles. The molecule has 0 spiro atoms. The maximum Gasteiger partial charge on any atom is 0.249 e. The predicted octanol–water partition coefficient (Wildman–Crippen LogP) is 2.95. The number of carbonyl (C=O) groups excluding carboxylic acids is 3. The Kier molecular flexibility index (Phi) is 4.47. The molecule has 2 aromatic rings. The zero-order valence-electron chi connectivity index (χ0n) is 16.6. The third-order valence-corrected chi connectivity index (χ3v) is 7.15. The first kappa shape index (κ1) is 19.0. The van der Waals surface area contributed by atoms with Gasteiger partial charge in [-0.15, -0.1) is 11.3 Å². The number of rotatable bonds is 5. The van der Waals surface area contributed by atoms with E-state index in [1.807, 2.05) is 41.8 Å². The lowest BCUT2D eigenvalue weighted by Gasteiger charge is -2.23. The number of likely N-dealkylation sites (tertiary alicyclic amines) is 1. The summed E-state index contributed by atoms with van der Waals surface area (Å²) in [4.78, 5) is 44.3. The van der Waals surface area contributed by atoms with Crippen LogP contribution in [0.1, 0.15) is 13.3 Å². The van der Waals surface area contributed by atoms with Crippen LogP contribution in [0.4, 0.5) is 5.13 Å². The molecular formula is C22H21N3O4S. The van der Waals surface area contributed by atoms with Gasteiger partial charge >= 0.3 is 0 Å². The van der Waals surface area contributed by atoms with Gasteiger partial charge in [0.15, 0.2) is 5.13 Å². The van der Waals surface area contributed by atoms with Gasteiger partial charge in [0.1, 0.15) is 11.8 Å². The highest BCUT2D eigenvalue weighted by Gasteiger charge is 2.60. The smallest absolute Gasteiger partial charge is 0.249 e. The average Bonchev–Trinajstić information content (AvgIpc) is 3.52. The van der Waals surface area contributed by atoms with Gasteiger partial charge in [-0.05, 0) is 37.3 Å². The largest absolute Gasteiger partial charge is 0.496 e. The monoisotopic (exact) mass is 423 g/mol. The summed E-state index contributed by atoms with van der Waals surface area (Å²) in [5, 5.41) is 5.00. The second-order valence-corrected chi connectivity index (χ2v) is 8.81. The first-order valence-electron chi connectivity index (χ1n) is 9.94. The fourth-order valence-corrected chi connectivity index (χ4v) is 5.66. The number of methoxy groups -OCH3 is 1. The second-order valence-electron chi connectivity index (χ2n) is 7.95. The van der Waals surface area contributed by atoms with Gasteiger partial charge in [-0.3, -0.25) is 19.3 Å². The van der Waals surface area contributed by atoms with Crippen molar-refractivity contribution in [2.45, 2.75) is 19.4 Å². The highest BCUT2D eigenvalue weighted by molar-refractivity contribution is 7.14. The fourth-order valence-electron chi connectivity index (χ4n) is 4.95. The van der Waals surface area contributed by atoms with Crippen molar-refractivity contribution in [1.82, 2.24) is 9.88 Å². The number of hydrogen-bond acceptors (Lipinski definition) is 6. The summed E-state index contributed by atoms with van der Waals surface area (Å²) in [5.41, 5.74) is 1.51. The molecule has 2 bridgehead atoms. The second kappa shape index (κ2) is 7.05. The summed E-state index contributed by atoms with van der Waals surface area (Å²) in [6.45, 7) is 1.59. The number of aromatic nitrogens is 1. The van der Waals surface area contributed by atoms with Gasteiger partial charge in [0.25, 0.3) is 0 Å². The normalized spacial score (nSPS) is 27.5. The quantitative estimate of drug-likeness (QED) is 0.590. The Bertz CT molecular complexity index is 1050. The van der Waals surface area contributed by atoms with Gasteiger partial charge in [0.2, 0.25) is 17.7 Å². The van der Waals surface area contributed by atoms with Crippen LogP contribution in [-0.2, 0) is 14.4 Å². The average molecular weight is 423 g/mol. The van der Waals surface area contributed by atoms with Crippen molar-refractivity contribution >= 4 is 34.2 Å². The van der Waals surface area contributed by atoms with Gasteiger partial charge < -0.3 is 10.1 Å². The van der Waals surface area contributed by atoms with Gasteiger partial charge in [-0.1, -0.05) is 24.3 Å². The molecule has 7 nitrogen and oxygen atoms in total. The molecule has 5 rings (SSSR count). The molecule has 3 amide bonds. The Morgan fingerprint density at radius 3 is 2.53 bits per heavy atom. The zero-order chi connectivity index (χ0) is 21.0. The highest BCUT2D eigenvalue weighted by Crippen LogP contribution is 2.52. The molecule has 1 N–H and O–H groups in total. The number of imide groups is 1. The molecule has 154 valence electrons. The third-order valence-electron chi connectivity index (χ3n) is 6.39. The van der Waals surface area contributed by atoms with E-state index in [1.54, 1.807) is 14.0 Å². The summed E-state index contributed by atoms with van der Waals surface area (Å²) in [6.07, 6.45) is 4.95. The molecule has 3 aliphatic rings. The van der Waals surface area contributed by atoms with Crippen LogP contribution in [0.25, 0.3) is 11.3 Å². The van der Waals surface area contributed by atoms with Crippen molar-refractivity contribution in [2.24, 2.45) is 23.7 Å². The molecular weight excluding hydrogens is 402 g/mol. The molecule has 2 fully saturated rings. The number of fused-ring (bicyclic) bond motifs is 5. The van der Waals surface area contributed by atoms with Crippen LogP contribution in [0.5, 0.6) is 5.75 Å². The molecule has 1 aromatic heterocycles. The van der Waals surface area contributed by atoms with Crippen molar-refractivity contribution < 1.29 is 19.1 Å². The van der Waals surface area contributed by atoms with Crippen LogP contribution < -0.4 is 10.1 Å². The maximum absolute atomic E-state index is 12.9. The number of amides is 3. The number of benzene rings is 1. The Hall–Kier alpha value is -3.00. The minimum absolute atomic E-state index is 0.124. The summed E-state index contributed by atoms with van der Waals surface area (Å²) in [6, 6.07) is 6.62. The highest BCUT2D eigenvalue weighted by atomic mass is 32.1. The molecule has 2 heterocycles. The van der Waals surface area contributed by atoms with Crippen LogP contribution in [0.3, 0.4) is 0 Å². The van der Waals surface area contributed by atoms with E-state index in [1.165, 1.54) is 11.3 Å². The molecule has 1 aromatic carbocycles. The van der Waals surface area contributed by atoms with Crippen molar-refractivity contribution in [3.63, 3.8) is 0 Å². The Balaban J connectivity index is 1.31. The summed E-state index contributed by atoms with van der Waals surface area (Å²) in [5.74, 6) is -0.538. The predicted molar refractivity (Wildman–Crippen MR) is 112 cm³/mol. The van der Waals surface area contributed by atoms with Crippen molar-refractivity contribution in [2.75, 3.05) is 12.4 Å². The van der Waals surface area contributed by atoms with Gasteiger partial charge in [-0.25, -0.2) is 4.98 Å². The minimum Gasteiger partial charge on any atom is -0.496 e. The number of ether oxygens (including phenoxy) is 1. The Morgan fingerprint density at radius 2 is 1.87 bits per heavy atom. The van der Waals surface area contributed by atoms with Crippen LogP contribution in [0, 0.1) is 23.7 Å². The van der Waals surface area contributed by atoms with Crippen molar-refractivity contribution in [1.29, 1.82) is 0 Å². The van der Waals surface area contributed by atoms with Gasteiger partial charge in [0, 0.05) is 10.9 Å². The molecule has 5 unspecified atom stereocenters. The van der Waals surface area contributed by atoms with Crippen molar-refractivity contribution in [3.8, 4) is 17.0 Å². The van der Waals surface area contributed by atoms with E-state index in [4.69, 9.17) is 4.74 Å². The maximum atomic E-state index is 12.9. The number of para-hydroxylation sites is 1. The SMILES string of the molecule is COc1ccccc1-c1csc(NC(=O)C(C)N2C(=O)C3C4C=CC(C4)C3C2=O)n1. The number of nitrogens with zero attached hydrogens (tertiary/aromatic N) is 2. The molecule has 5 atom stereocenters. The van der Waals surface area contributed by atoms with Crippen LogP contribution in [0.2, 0.25) is 0 Å². The van der Waals surface area contributed by atoms with Gasteiger partial charge in [0.05, 0.1) is 24.6 Å². The lowest BCUT2D eigenvalue weighted by atomic mass is 9.85. The van der Waals surface area contributed by atoms with E-state index in [-0.39, 0.29) is 35.5 Å². The van der Waals surface area contributed by atoms with E-state index in [2.05, 4.69) is 10.3 Å². The summed E-state index contributed by atoms with van der Waals surface area (Å²) < 4.78 is 5.37. The van der Waals surface area contributed by atoms with Crippen LogP contribution >= 0.6 is 11.3 Å². The Labute approximate surface area is 177 Å². The van der Waals surface area contributed by atoms with E-state index in [0.717, 1.165) is 16.9 Å². The number of carbonyl (C=O) groups is 3. The number of hydrogen-bond donors (Lipinski definition) is 1. The van der Waals surface area contributed by atoms with E-state index in [0.29, 0.717) is 16.6 Å². The van der Waals surface area contributed by atoms with E-state index in [9.17, 15) is 14.4 Å². The molecule has 1 saturated carbocycles. The fraction of sp³-hybridized carbons (Fsp3) is 0.364. The number of thiazole rings is 1. The lowest BCUT2D eigenvalue weighted by molar-refractivity contribution is -0.146. The molecule has 0 radical (unpaired) electrons. The molecule has 30 heavy (non-hydrogen) atoms. The lowest BCUT2D eigenvalue weighted by Crippen LogP contribution is -2.46. The zero-order valence-corrected chi connectivity index (χ0v) is 17.4. The van der Waals surface area contributed by atoms with Crippen LogP contribution in [0.15, 0.2) is 41.8 Å². The summed E-state index contributed by atoms with van der Waals surface area (Å²) >= 11 is 1.28. The third kappa shape index (κ3) is 2.78. The first-order valence-corrected chi connectivity index (χ1v) is 10.8. The van der Waals surface area contributed by atoms with E-state index < -0.39 is 11.9 Å². The molecule has 2 aliphatic carbocycles. The first-order chi connectivity index (χ1) is 14.5. The Morgan fingerprint density at radius 1 is 1.20 bits per heavy atom. The number of nitrogens with one attached hydrogen (secondary N) is 1. The minimum atomic E-state index is -0.881. The molecule has 1 aliphatic heterocycles. The van der Waals surface area contributed by atoms with Crippen molar-refractivity contribution in [3.05, 3.63) is 41.8 Å². The topological polar surface area (TPSA) is 88.6 Å². The van der Waals surface area contributed by atoms with E-state index >= 15 is 0 Å². The number of anilines is 1. The van der Waals surface area contributed by atoms with Crippen LogP contribution in [-0.4, -0.2) is 40.8 Å². The van der Waals surface area contributed by atoms with Gasteiger partial charge in [-0.2, -0.15) is 0 Å². The number of allylic oxidation sites excluding steroid dienone is 2. The molecule has 8 heteroatoms. The summed E-state index contributed by atoms with van der Waals surface area (Å²) in [7, 11) is 1.59. The standard InChI is InChI=1S/C22H21N3O4S/c1-11(25-20(27)17-12-7-8-13(9-12)18(17)21(25)28)19(26)24-22-23-15(10-30-22)14-5-3-4-6-16(14)29-2/h3-8,10-13,17-18H,9H2,1-2H3,(H,23,24,26).